The van der Waals surface area contributed by atoms with E-state index in [1.165, 1.54) is 0 Å². The molecule has 0 spiro atoms. The Hall–Kier alpha value is -2.41. The fraction of sp³-hybridized carbons (Fsp3) is 0.400. The number of amides is 1. The number of carbonyl (C=O) groups is 3. The molecule has 2 saturated carbocycles. The number of nitrogens with two attached hydrogens (primary N) is 1. The minimum Gasteiger partial charge on any atom is -0.481 e. The quantitative estimate of drug-likeness (QED) is 0.615. The molecule has 0 aliphatic heterocycles. The van der Waals surface area contributed by atoms with Crippen molar-refractivity contribution in [2.24, 2.45) is 23.5 Å². The Morgan fingerprint density at radius 1 is 1.18 bits per heavy atom. The van der Waals surface area contributed by atoms with Crippen molar-refractivity contribution >= 4 is 17.8 Å². The van der Waals surface area contributed by atoms with Crippen LogP contribution in [0.2, 0.25) is 0 Å². The molecule has 0 unspecified atom stereocenters. The highest BCUT2D eigenvalue weighted by Crippen LogP contribution is 2.61. The molecule has 3 rings (SSSR count). The number of benzene rings is 1. The molecule has 0 bridgehead atoms. The van der Waals surface area contributed by atoms with Gasteiger partial charge in [0.25, 0.3) is 5.91 Å². The third kappa shape index (κ3) is 2.05. The minimum atomic E-state index is -1.59. The molecular weight excluding hydrogens is 288 g/mol. The highest BCUT2D eigenvalue weighted by Gasteiger charge is 2.74. The maximum atomic E-state index is 12.2. The molecule has 7 nitrogen and oxygen atoms in total. The SMILES string of the molecule is N[C@]1(C(=O)O)C[C@@H](NC(=O)c2ccccc2)[C@@H]2[C@@H](C(=O)O)[C@H]21. The van der Waals surface area contributed by atoms with Gasteiger partial charge in [-0.25, -0.2) is 0 Å². The van der Waals surface area contributed by atoms with E-state index in [0.29, 0.717) is 5.56 Å². The molecule has 5 N–H and O–H groups in total. The number of fused-ring (bicyclic) bond motifs is 1. The summed E-state index contributed by atoms with van der Waals surface area (Å²) in [6.07, 6.45) is 0.0417. The van der Waals surface area contributed by atoms with Crippen LogP contribution < -0.4 is 11.1 Å². The van der Waals surface area contributed by atoms with Crippen LogP contribution in [0, 0.1) is 17.8 Å². The first-order valence-corrected chi connectivity index (χ1v) is 6.97. The summed E-state index contributed by atoms with van der Waals surface area (Å²) in [6, 6.07) is 7.94. The van der Waals surface area contributed by atoms with Crippen molar-refractivity contribution in [2.75, 3.05) is 0 Å². The molecule has 1 aromatic carbocycles. The van der Waals surface area contributed by atoms with Gasteiger partial charge >= 0.3 is 11.9 Å². The van der Waals surface area contributed by atoms with Crippen LogP contribution in [0.3, 0.4) is 0 Å². The molecule has 2 fully saturated rings. The lowest BCUT2D eigenvalue weighted by Crippen LogP contribution is -2.52. The van der Waals surface area contributed by atoms with Crippen molar-refractivity contribution in [1.82, 2.24) is 5.32 Å². The number of rotatable bonds is 4. The van der Waals surface area contributed by atoms with Gasteiger partial charge in [-0.2, -0.15) is 0 Å². The average Bonchev–Trinajstić information content (AvgIpc) is 3.17. The largest absolute Gasteiger partial charge is 0.481 e. The van der Waals surface area contributed by atoms with Crippen molar-refractivity contribution < 1.29 is 24.6 Å². The maximum absolute atomic E-state index is 12.2. The van der Waals surface area contributed by atoms with Crippen molar-refractivity contribution in [2.45, 2.75) is 18.0 Å². The van der Waals surface area contributed by atoms with Crippen molar-refractivity contribution in [3.05, 3.63) is 35.9 Å². The van der Waals surface area contributed by atoms with E-state index in [4.69, 9.17) is 5.73 Å². The second kappa shape index (κ2) is 4.81. The van der Waals surface area contributed by atoms with Crippen LogP contribution in [0.15, 0.2) is 30.3 Å². The van der Waals surface area contributed by atoms with Gasteiger partial charge < -0.3 is 21.3 Å². The third-order valence-corrected chi connectivity index (χ3v) is 4.73. The summed E-state index contributed by atoms with van der Waals surface area (Å²) in [5.74, 6) is -4.51. The lowest BCUT2D eigenvalue weighted by Gasteiger charge is -2.25. The molecular formula is C15H16N2O5. The molecule has 0 heterocycles. The van der Waals surface area contributed by atoms with Gasteiger partial charge in [0.05, 0.1) is 5.92 Å². The first-order valence-electron chi connectivity index (χ1n) is 6.97. The monoisotopic (exact) mass is 304 g/mol. The van der Waals surface area contributed by atoms with E-state index in [1.807, 2.05) is 0 Å². The van der Waals surface area contributed by atoms with Crippen LogP contribution in [-0.4, -0.2) is 39.6 Å². The van der Waals surface area contributed by atoms with Gasteiger partial charge in [-0.1, -0.05) is 18.2 Å². The van der Waals surface area contributed by atoms with Crippen molar-refractivity contribution in [3.8, 4) is 0 Å². The molecule has 7 heteroatoms. The Kier molecular flexibility index (Phi) is 3.17. The summed E-state index contributed by atoms with van der Waals surface area (Å²) >= 11 is 0. The minimum absolute atomic E-state index is 0.0417. The number of aliphatic carboxylic acids is 2. The van der Waals surface area contributed by atoms with E-state index < -0.39 is 41.3 Å². The molecule has 0 radical (unpaired) electrons. The van der Waals surface area contributed by atoms with E-state index in [0.717, 1.165) is 0 Å². The molecule has 1 amide bonds. The predicted octanol–water partition coefficient (Wildman–Crippen LogP) is -0.0824. The zero-order chi connectivity index (χ0) is 16.1. The van der Waals surface area contributed by atoms with Crippen LogP contribution in [0.5, 0.6) is 0 Å². The second-order valence-corrected chi connectivity index (χ2v) is 5.96. The number of carboxylic acids is 2. The Labute approximate surface area is 126 Å². The first-order chi connectivity index (χ1) is 10.4. The normalized spacial score (nSPS) is 35.5. The van der Waals surface area contributed by atoms with Crippen LogP contribution in [0.25, 0.3) is 0 Å². The van der Waals surface area contributed by atoms with E-state index in [1.54, 1.807) is 30.3 Å². The standard InChI is InChI=1S/C15H16N2O5/c16-15(14(21)22)6-8(9-10(11(9)15)13(19)20)17-12(18)7-4-2-1-3-5-7/h1-5,8-11H,6,16H2,(H,17,18)(H,19,20)(H,21,22)/t8-,9-,10-,11+,15-/m1/s1. The summed E-state index contributed by atoms with van der Waals surface area (Å²) < 4.78 is 0. The van der Waals surface area contributed by atoms with Gasteiger partial charge in [0.1, 0.15) is 5.54 Å². The van der Waals surface area contributed by atoms with Crippen molar-refractivity contribution in [3.63, 3.8) is 0 Å². The maximum Gasteiger partial charge on any atom is 0.324 e. The molecule has 5 atom stereocenters. The van der Waals surface area contributed by atoms with Crippen LogP contribution in [0.4, 0.5) is 0 Å². The van der Waals surface area contributed by atoms with Crippen molar-refractivity contribution in [1.29, 1.82) is 0 Å². The van der Waals surface area contributed by atoms with Gasteiger partial charge in [-0.05, 0) is 24.5 Å². The number of nitrogens with one attached hydrogen (secondary N) is 1. The zero-order valence-electron chi connectivity index (χ0n) is 11.6. The molecule has 2 aliphatic carbocycles. The topological polar surface area (TPSA) is 130 Å². The first kappa shape index (κ1) is 14.5. The highest BCUT2D eigenvalue weighted by molar-refractivity contribution is 5.95. The third-order valence-electron chi connectivity index (χ3n) is 4.73. The molecule has 22 heavy (non-hydrogen) atoms. The van der Waals surface area contributed by atoms with E-state index >= 15 is 0 Å². The number of carbonyl (C=O) groups excluding carboxylic acids is 1. The predicted molar refractivity (Wildman–Crippen MR) is 75.0 cm³/mol. The van der Waals surface area contributed by atoms with Gasteiger partial charge in [-0.3, -0.25) is 14.4 Å². The van der Waals surface area contributed by atoms with E-state index in [2.05, 4.69) is 5.32 Å². The molecule has 0 aromatic heterocycles. The van der Waals surface area contributed by atoms with Gasteiger partial charge in [0.2, 0.25) is 0 Å². The van der Waals surface area contributed by atoms with Gasteiger partial charge in [0.15, 0.2) is 0 Å². The molecule has 116 valence electrons. The van der Waals surface area contributed by atoms with E-state index in [9.17, 15) is 24.6 Å². The smallest absolute Gasteiger partial charge is 0.324 e. The molecule has 1 aromatic rings. The average molecular weight is 304 g/mol. The Bertz CT molecular complexity index is 647. The van der Waals surface area contributed by atoms with E-state index in [-0.39, 0.29) is 12.3 Å². The Morgan fingerprint density at radius 3 is 2.36 bits per heavy atom. The molecule has 0 saturated heterocycles. The highest BCUT2D eigenvalue weighted by atomic mass is 16.4. The summed E-state index contributed by atoms with van der Waals surface area (Å²) in [5, 5.41) is 21.2. The zero-order valence-corrected chi connectivity index (χ0v) is 11.6. The number of hydrogen-bond donors (Lipinski definition) is 4. The van der Waals surface area contributed by atoms with Crippen LogP contribution in [0.1, 0.15) is 16.8 Å². The summed E-state index contributed by atoms with van der Waals surface area (Å²) in [7, 11) is 0. The number of hydrogen-bond acceptors (Lipinski definition) is 4. The van der Waals surface area contributed by atoms with Crippen LogP contribution >= 0.6 is 0 Å². The Balaban J connectivity index is 1.79. The lowest BCUT2D eigenvalue weighted by molar-refractivity contribution is -0.145. The second-order valence-electron chi connectivity index (χ2n) is 5.96. The van der Waals surface area contributed by atoms with Crippen LogP contribution in [-0.2, 0) is 9.59 Å². The Morgan fingerprint density at radius 2 is 1.82 bits per heavy atom. The van der Waals surface area contributed by atoms with Gasteiger partial charge in [-0.15, -0.1) is 0 Å². The lowest BCUT2D eigenvalue weighted by atomic mass is 9.90. The molecule has 2 aliphatic rings. The summed E-state index contributed by atoms with van der Waals surface area (Å²) in [6.45, 7) is 0. The summed E-state index contributed by atoms with van der Waals surface area (Å²) in [4.78, 5) is 34.8. The van der Waals surface area contributed by atoms with Gasteiger partial charge in [0, 0.05) is 17.5 Å². The fourth-order valence-electron chi connectivity index (χ4n) is 3.67. The summed E-state index contributed by atoms with van der Waals surface area (Å²) in [5.41, 5.74) is 4.75. The number of carboxylic acid groups (broad SMARTS) is 2. The fourth-order valence-corrected chi connectivity index (χ4v) is 3.67.